The van der Waals surface area contributed by atoms with Gasteiger partial charge in [0, 0.05) is 10.9 Å². The fourth-order valence-corrected chi connectivity index (χ4v) is 2.63. The van der Waals surface area contributed by atoms with Crippen molar-refractivity contribution in [2.24, 2.45) is 0 Å². The Morgan fingerprint density at radius 2 is 1.94 bits per heavy atom. The average molecular weight is 261 g/mol. The maximum absolute atomic E-state index is 11.2. The van der Waals surface area contributed by atoms with Crippen LogP contribution in [0.3, 0.4) is 0 Å². The van der Waals surface area contributed by atoms with E-state index in [4.69, 9.17) is 0 Å². The minimum Gasteiger partial charge on any atom is -0.469 e. The molecular weight excluding hydrogens is 246 g/mol. The molecule has 1 heterocycles. The minimum atomic E-state index is -0.253. The predicted molar refractivity (Wildman–Crippen MR) is 72.7 cm³/mol. The van der Waals surface area contributed by atoms with E-state index in [9.17, 15) is 4.79 Å². The SMILES string of the molecule is COC(=O)Cc1nc(-c2cc(C)cc(C)c2)cs1. The van der Waals surface area contributed by atoms with E-state index in [0.717, 1.165) is 16.3 Å². The second-order valence-electron chi connectivity index (χ2n) is 4.26. The van der Waals surface area contributed by atoms with Gasteiger partial charge in [0.2, 0.25) is 0 Å². The summed E-state index contributed by atoms with van der Waals surface area (Å²) in [6, 6.07) is 6.33. The second-order valence-corrected chi connectivity index (χ2v) is 5.20. The molecule has 0 bridgehead atoms. The summed E-state index contributed by atoms with van der Waals surface area (Å²) in [7, 11) is 1.39. The zero-order valence-electron chi connectivity index (χ0n) is 10.7. The van der Waals surface area contributed by atoms with Crippen LogP contribution in [0.25, 0.3) is 11.3 Å². The molecule has 0 aliphatic carbocycles. The Bertz CT molecular complexity index is 555. The van der Waals surface area contributed by atoms with Gasteiger partial charge in [0.1, 0.15) is 5.01 Å². The molecule has 2 rings (SSSR count). The standard InChI is InChI=1S/C14H15NO2S/c1-9-4-10(2)6-11(5-9)12-8-18-13(15-12)7-14(16)17-3/h4-6,8H,7H2,1-3H3. The summed E-state index contributed by atoms with van der Waals surface area (Å²) < 4.78 is 4.64. The first-order chi connectivity index (χ1) is 8.58. The third-order valence-electron chi connectivity index (χ3n) is 2.59. The minimum absolute atomic E-state index is 0.242. The molecule has 0 N–H and O–H groups in total. The van der Waals surface area contributed by atoms with Crippen molar-refractivity contribution >= 4 is 17.3 Å². The third kappa shape index (κ3) is 2.96. The summed E-state index contributed by atoms with van der Waals surface area (Å²) in [6.45, 7) is 4.14. The number of ether oxygens (including phenoxy) is 1. The highest BCUT2D eigenvalue weighted by molar-refractivity contribution is 7.10. The monoisotopic (exact) mass is 261 g/mol. The quantitative estimate of drug-likeness (QED) is 0.797. The zero-order chi connectivity index (χ0) is 13.1. The summed E-state index contributed by atoms with van der Waals surface area (Å²) in [5.74, 6) is -0.253. The number of aromatic nitrogens is 1. The molecule has 0 spiro atoms. The van der Waals surface area contributed by atoms with Crippen molar-refractivity contribution in [1.82, 2.24) is 4.98 Å². The average Bonchev–Trinajstić information content (AvgIpc) is 2.76. The molecule has 0 saturated carbocycles. The molecule has 0 atom stereocenters. The van der Waals surface area contributed by atoms with E-state index in [0.29, 0.717) is 0 Å². The van der Waals surface area contributed by atoms with Crippen LogP contribution in [0.5, 0.6) is 0 Å². The van der Waals surface area contributed by atoms with Crippen molar-refractivity contribution in [1.29, 1.82) is 0 Å². The van der Waals surface area contributed by atoms with Gasteiger partial charge in [-0.1, -0.05) is 17.2 Å². The molecule has 0 radical (unpaired) electrons. The third-order valence-corrected chi connectivity index (χ3v) is 3.44. The number of nitrogens with zero attached hydrogens (tertiary/aromatic N) is 1. The lowest BCUT2D eigenvalue weighted by molar-refractivity contribution is -0.139. The Hall–Kier alpha value is -1.68. The predicted octanol–water partition coefficient (Wildman–Crippen LogP) is 3.14. The first kappa shape index (κ1) is 12.8. The number of methoxy groups -OCH3 is 1. The highest BCUT2D eigenvalue weighted by Gasteiger charge is 2.09. The normalized spacial score (nSPS) is 10.4. The number of esters is 1. The number of rotatable bonds is 3. The van der Waals surface area contributed by atoms with Gasteiger partial charge in [0.25, 0.3) is 0 Å². The number of benzene rings is 1. The molecule has 1 aromatic heterocycles. The van der Waals surface area contributed by atoms with Gasteiger partial charge in [-0.2, -0.15) is 0 Å². The summed E-state index contributed by atoms with van der Waals surface area (Å²) in [6.07, 6.45) is 0.242. The van der Waals surface area contributed by atoms with Crippen LogP contribution in [0.4, 0.5) is 0 Å². The molecule has 18 heavy (non-hydrogen) atoms. The number of hydrogen-bond acceptors (Lipinski definition) is 4. The first-order valence-electron chi connectivity index (χ1n) is 5.68. The van der Waals surface area contributed by atoms with Crippen molar-refractivity contribution in [2.45, 2.75) is 20.3 Å². The Balaban J connectivity index is 2.26. The van der Waals surface area contributed by atoms with Crippen LogP contribution in [-0.2, 0) is 16.0 Å². The lowest BCUT2D eigenvalue weighted by Gasteiger charge is -2.01. The molecule has 0 amide bonds. The van der Waals surface area contributed by atoms with Crippen LogP contribution in [0.15, 0.2) is 23.6 Å². The number of carbonyl (C=O) groups excluding carboxylic acids is 1. The van der Waals surface area contributed by atoms with Crippen LogP contribution in [-0.4, -0.2) is 18.1 Å². The van der Waals surface area contributed by atoms with Crippen LogP contribution in [0.1, 0.15) is 16.1 Å². The first-order valence-corrected chi connectivity index (χ1v) is 6.56. The number of carbonyl (C=O) groups is 1. The van der Waals surface area contributed by atoms with Gasteiger partial charge in [-0.3, -0.25) is 4.79 Å². The molecule has 0 fully saturated rings. The number of aryl methyl sites for hydroxylation is 2. The number of thiazole rings is 1. The van der Waals surface area contributed by atoms with Gasteiger partial charge in [0.15, 0.2) is 0 Å². The maximum atomic E-state index is 11.2. The van der Waals surface area contributed by atoms with E-state index in [2.05, 4.69) is 41.8 Å². The van der Waals surface area contributed by atoms with Gasteiger partial charge in [-0.15, -0.1) is 11.3 Å². The highest BCUT2D eigenvalue weighted by Crippen LogP contribution is 2.24. The topological polar surface area (TPSA) is 39.2 Å². The van der Waals surface area contributed by atoms with E-state index >= 15 is 0 Å². The van der Waals surface area contributed by atoms with Gasteiger partial charge >= 0.3 is 5.97 Å². The summed E-state index contributed by atoms with van der Waals surface area (Å²) >= 11 is 1.49. The lowest BCUT2D eigenvalue weighted by atomic mass is 10.1. The Morgan fingerprint density at radius 3 is 2.56 bits per heavy atom. The van der Waals surface area contributed by atoms with Crippen molar-refractivity contribution in [2.75, 3.05) is 7.11 Å². The molecule has 0 saturated heterocycles. The molecule has 0 aliphatic rings. The second kappa shape index (κ2) is 5.31. The molecule has 94 valence electrons. The van der Waals surface area contributed by atoms with Crippen molar-refractivity contribution in [3.05, 3.63) is 39.7 Å². The Labute approximate surface area is 110 Å². The van der Waals surface area contributed by atoms with E-state index < -0.39 is 0 Å². The lowest BCUT2D eigenvalue weighted by Crippen LogP contribution is -2.03. The van der Waals surface area contributed by atoms with Crippen LogP contribution in [0.2, 0.25) is 0 Å². The molecule has 4 heteroatoms. The fourth-order valence-electron chi connectivity index (χ4n) is 1.84. The molecule has 1 aromatic carbocycles. The molecule has 0 aliphatic heterocycles. The smallest absolute Gasteiger partial charge is 0.312 e. The van der Waals surface area contributed by atoms with E-state index in [-0.39, 0.29) is 12.4 Å². The van der Waals surface area contributed by atoms with Crippen molar-refractivity contribution < 1.29 is 9.53 Å². The van der Waals surface area contributed by atoms with Gasteiger partial charge in [0.05, 0.1) is 19.2 Å². The van der Waals surface area contributed by atoms with Gasteiger partial charge in [-0.25, -0.2) is 4.98 Å². The number of hydrogen-bond donors (Lipinski definition) is 0. The van der Waals surface area contributed by atoms with Gasteiger partial charge in [-0.05, 0) is 26.0 Å². The van der Waals surface area contributed by atoms with Crippen LogP contribution >= 0.6 is 11.3 Å². The maximum Gasteiger partial charge on any atom is 0.312 e. The zero-order valence-corrected chi connectivity index (χ0v) is 11.5. The van der Waals surface area contributed by atoms with Gasteiger partial charge < -0.3 is 4.74 Å². The van der Waals surface area contributed by atoms with Crippen molar-refractivity contribution in [3.63, 3.8) is 0 Å². The summed E-state index contributed by atoms with van der Waals surface area (Å²) in [4.78, 5) is 15.6. The molecular formula is C14H15NO2S. The molecule has 2 aromatic rings. The van der Waals surface area contributed by atoms with Crippen LogP contribution in [0, 0.1) is 13.8 Å². The molecule has 3 nitrogen and oxygen atoms in total. The summed E-state index contributed by atoms with van der Waals surface area (Å²) in [5, 5.41) is 2.77. The van der Waals surface area contributed by atoms with E-state index in [1.807, 2.05) is 5.38 Å². The Morgan fingerprint density at radius 1 is 1.28 bits per heavy atom. The summed E-state index contributed by atoms with van der Waals surface area (Å²) in [5.41, 5.74) is 4.45. The fraction of sp³-hybridized carbons (Fsp3) is 0.286. The largest absolute Gasteiger partial charge is 0.469 e. The molecule has 0 unspecified atom stereocenters. The van der Waals surface area contributed by atoms with Crippen molar-refractivity contribution in [3.8, 4) is 11.3 Å². The Kier molecular flexibility index (Phi) is 3.77. The highest BCUT2D eigenvalue weighted by atomic mass is 32.1. The van der Waals surface area contributed by atoms with Crippen LogP contribution < -0.4 is 0 Å². The van der Waals surface area contributed by atoms with E-state index in [1.54, 1.807) is 0 Å². The van der Waals surface area contributed by atoms with E-state index in [1.165, 1.54) is 29.6 Å².